The predicted octanol–water partition coefficient (Wildman–Crippen LogP) is 1.98. The number of benzene rings is 1. The lowest BCUT2D eigenvalue weighted by Crippen LogP contribution is -2.37. The van der Waals surface area contributed by atoms with Crippen molar-refractivity contribution in [3.05, 3.63) is 23.8 Å². The number of hydrogen-bond donors (Lipinski definition) is 2. The molecule has 144 valence electrons. The van der Waals surface area contributed by atoms with Gasteiger partial charge in [0.1, 0.15) is 11.5 Å². The van der Waals surface area contributed by atoms with Crippen molar-refractivity contribution in [2.45, 2.75) is 31.8 Å². The van der Waals surface area contributed by atoms with E-state index in [1.807, 2.05) is 18.2 Å². The number of nitrogens with two attached hydrogens (primary N) is 1. The van der Waals surface area contributed by atoms with E-state index in [1.165, 1.54) is 0 Å². The molecule has 25 heavy (non-hydrogen) atoms. The second-order valence-electron chi connectivity index (χ2n) is 5.90. The number of rotatable bonds is 8. The minimum atomic E-state index is 0. The van der Waals surface area contributed by atoms with Crippen LogP contribution in [0.1, 0.15) is 24.8 Å². The number of methoxy groups -OCH3 is 2. The zero-order chi connectivity index (χ0) is 16.7. The van der Waals surface area contributed by atoms with Gasteiger partial charge in [-0.25, -0.2) is 0 Å². The van der Waals surface area contributed by atoms with E-state index in [9.17, 15) is 4.79 Å². The maximum atomic E-state index is 11.8. The van der Waals surface area contributed by atoms with Gasteiger partial charge in [0, 0.05) is 38.2 Å². The molecule has 1 fully saturated rings. The number of likely N-dealkylation sites (tertiary alicyclic amines) is 1. The summed E-state index contributed by atoms with van der Waals surface area (Å²) < 4.78 is 10.6. The molecule has 6 nitrogen and oxygen atoms in total. The molecule has 1 unspecified atom stereocenters. The molecular formula is C17H29Cl2N3O3. The van der Waals surface area contributed by atoms with Gasteiger partial charge in [0.25, 0.3) is 0 Å². The Morgan fingerprint density at radius 1 is 1.24 bits per heavy atom. The highest BCUT2D eigenvalue weighted by atomic mass is 35.5. The molecule has 0 saturated carbocycles. The van der Waals surface area contributed by atoms with Crippen molar-refractivity contribution in [3.8, 4) is 11.5 Å². The molecule has 1 aromatic carbocycles. The van der Waals surface area contributed by atoms with Crippen LogP contribution in [-0.4, -0.2) is 50.7 Å². The van der Waals surface area contributed by atoms with Crippen molar-refractivity contribution in [1.82, 2.24) is 10.2 Å². The SMILES string of the molecule is COc1cc(CN2CCC(NC(=O)CCCN)C2)cc(OC)c1.Cl.Cl. The normalized spacial score (nSPS) is 16.5. The monoisotopic (exact) mass is 393 g/mol. The lowest BCUT2D eigenvalue weighted by atomic mass is 10.2. The van der Waals surface area contributed by atoms with Gasteiger partial charge < -0.3 is 20.5 Å². The topological polar surface area (TPSA) is 76.8 Å². The Kier molecular flexibility index (Phi) is 11.6. The van der Waals surface area contributed by atoms with E-state index >= 15 is 0 Å². The van der Waals surface area contributed by atoms with Crippen molar-refractivity contribution < 1.29 is 14.3 Å². The number of hydrogen-bond acceptors (Lipinski definition) is 5. The van der Waals surface area contributed by atoms with E-state index in [2.05, 4.69) is 10.2 Å². The summed E-state index contributed by atoms with van der Waals surface area (Å²) in [5, 5.41) is 3.09. The molecule has 2 rings (SSSR count). The van der Waals surface area contributed by atoms with E-state index in [-0.39, 0.29) is 36.8 Å². The summed E-state index contributed by atoms with van der Waals surface area (Å²) >= 11 is 0. The van der Waals surface area contributed by atoms with E-state index in [4.69, 9.17) is 15.2 Å². The van der Waals surface area contributed by atoms with Crippen LogP contribution < -0.4 is 20.5 Å². The first kappa shape index (κ1) is 23.8. The van der Waals surface area contributed by atoms with Gasteiger partial charge in [0.15, 0.2) is 0 Å². The summed E-state index contributed by atoms with van der Waals surface area (Å²) in [6, 6.07) is 6.15. The number of nitrogens with zero attached hydrogens (tertiary/aromatic N) is 1. The number of carbonyl (C=O) groups excluding carboxylic acids is 1. The highest BCUT2D eigenvalue weighted by molar-refractivity contribution is 5.85. The van der Waals surface area contributed by atoms with Gasteiger partial charge in [-0.05, 0) is 37.1 Å². The van der Waals surface area contributed by atoms with Crippen LogP contribution >= 0.6 is 24.8 Å². The third kappa shape index (κ3) is 7.69. The average Bonchev–Trinajstić information content (AvgIpc) is 2.99. The highest BCUT2D eigenvalue weighted by Gasteiger charge is 2.23. The molecule has 1 aliphatic rings. The first-order valence-electron chi connectivity index (χ1n) is 8.08. The largest absolute Gasteiger partial charge is 0.497 e. The second-order valence-corrected chi connectivity index (χ2v) is 5.90. The van der Waals surface area contributed by atoms with Crippen LogP contribution in [0.4, 0.5) is 0 Å². The number of ether oxygens (including phenoxy) is 2. The van der Waals surface area contributed by atoms with Crippen LogP contribution in [0.15, 0.2) is 18.2 Å². The van der Waals surface area contributed by atoms with E-state index in [0.29, 0.717) is 13.0 Å². The van der Waals surface area contributed by atoms with Crippen LogP contribution in [0.5, 0.6) is 11.5 Å². The predicted molar refractivity (Wildman–Crippen MR) is 104 cm³/mol. The van der Waals surface area contributed by atoms with Gasteiger partial charge in [-0.15, -0.1) is 24.8 Å². The maximum absolute atomic E-state index is 11.8. The van der Waals surface area contributed by atoms with Crippen LogP contribution in [0, 0.1) is 0 Å². The minimum Gasteiger partial charge on any atom is -0.497 e. The lowest BCUT2D eigenvalue weighted by molar-refractivity contribution is -0.121. The summed E-state index contributed by atoms with van der Waals surface area (Å²) in [5.74, 6) is 1.70. The van der Waals surface area contributed by atoms with Gasteiger partial charge in [-0.3, -0.25) is 9.69 Å². The molecule has 0 aliphatic carbocycles. The van der Waals surface area contributed by atoms with Crippen LogP contribution in [0.25, 0.3) is 0 Å². The minimum absolute atomic E-state index is 0. The summed E-state index contributed by atoms with van der Waals surface area (Å²) in [6.07, 6.45) is 2.24. The molecule has 1 saturated heterocycles. The number of nitrogens with one attached hydrogen (secondary N) is 1. The quantitative estimate of drug-likeness (QED) is 0.705. The van der Waals surface area contributed by atoms with Gasteiger partial charge in [0.05, 0.1) is 14.2 Å². The standard InChI is InChI=1S/C17H27N3O3.2ClH/c1-22-15-8-13(9-16(10-15)23-2)11-20-7-5-14(12-20)19-17(21)4-3-6-18;;/h8-10,14H,3-7,11-12,18H2,1-2H3,(H,19,21);2*1H. The van der Waals surface area contributed by atoms with Crippen molar-refractivity contribution >= 4 is 30.7 Å². The average molecular weight is 394 g/mol. The fourth-order valence-electron chi connectivity index (χ4n) is 2.87. The Labute approximate surface area is 162 Å². The molecule has 0 radical (unpaired) electrons. The maximum Gasteiger partial charge on any atom is 0.220 e. The van der Waals surface area contributed by atoms with Gasteiger partial charge in [-0.2, -0.15) is 0 Å². The molecule has 1 aromatic rings. The molecule has 0 aromatic heterocycles. The Balaban J connectivity index is 0.00000288. The molecular weight excluding hydrogens is 365 g/mol. The molecule has 1 aliphatic heterocycles. The van der Waals surface area contributed by atoms with E-state index in [0.717, 1.165) is 49.5 Å². The van der Waals surface area contributed by atoms with Crippen LogP contribution in [-0.2, 0) is 11.3 Å². The molecule has 1 amide bonds. The van der Waals surface area contributed by atoms with Crippen molar-refractivity contribution in [3.63, 3.8) is 0 Å². The van der Waals surface area contributed by atoms with E-state index < -0.39 is 0 Å². The third-order valence-electron chi connectivity index (χ3n) is 4.06. The zero-order valence-corrected chi connectivity index (χ0v) is 16.5. The van der Waals surface area contributed by atoms with Gasteiger partial charge in [-0.1, -0.05) is 0 Å². The van der Waals surface area contributed by atoms with Crippen LogP contribution in [0.2, 0.25) is 0 Å². The second kappa shape index (κ2) is 12.2. The molecule has 0 spiro atoms. The first-order valence-corrected chi connectivity index (χ1v) is 8.08. The Morgan fingerprint density at radius 3 is 2.44 bits per heavy atom. The van der Waals surface area contributed by atoms with Crippen molar-refractivity contribution in [1.29, 1.82) is 0 Å². The van der Waals surface area contributed by atoms with Gasteiger partial charge >= 0.3 is 0 Å². The fraction of sp³-hybridized carbons (Fsp3) is 0.588. The molecule has 3 N–H and O–H groups in total. The van der Waals surface area contributed by atoms with Crippen molar-refractivity contribution in [2.24, 2.45) is 5.73 Å². The third-order valence-corrected chi connectivity index (χ3v) is 4.06. The Morgan fingerprint density at radius 2 is 1.88 bits per heavy atom. The highest BCUT2D eigenvalue weighted by Crippen LogP contribution is 2.24. The van der Waals surface area contributed by atoms with Crippen molar-refractivity contribution in [2.75, 3.05) is 33.9 Å². The molecule has 1 atom stereocenters. The van der Waals surface area contributed by atoms with E-state index in [1.54, 1.807) is 14.2 Å². The number of carbonyl (C=O) groups is 1. The van der Waals surface area contributed by atoms with Crippen LogP contribution in [0.3, 0.4) is 0 Å². The zero-order valence-electron chi connectivity index (χ0n) is 14.8. The Hall–Kier alpha value is -1.21. The summed E-state index contributed by atoms with van der Waals surface area (Å²) in [5.41, 5.74) is 6.58. The smallest absolute Gasteiger partial charge is 0.220 e. The molecule has 8 heteroatoms. The summed E-state index contributed by atoms with van der Waals surface area (Å²) in [6.45, 7) is 3.22. The molecule has 1 heterocycles. The summed E-state index contributed by atoms with van der Waals surface area (Å²) in [7, 11) is 3.31. The van der Waals surface area contributed by atoms with Gasteiger partial charge in [0.2, 0.25) is 5.91 Å². The molecule has 0 bridgehead atoms. The first-order chi connectivity index (χ1) is 11.1. The number of amides is 1. The fourth-order valence-corrected chi connectivity index (χ4v) is 2.87. The lowest BCUT2D eigenvalue weighted by Gasteiger charge is -2.18. The Bertz CT molecular complexity index is 510. The summed E-state index contributed by atoms with van der Waals surface area (Å²) in [4.78, 5) is 14.1. The number of halogens is 2.